The third kappa shape index (κ3) is 1.93. The fourth-order valence-corrected chi connectivity index (χ4v) is 1.44. The zero-order chi connectivity index (χ0) is 11.5. The summed E-state index contributed by atoms with van der Waals surface area (Å²) in [6, 6.07) is 4.33. The Morgan fingerprint density at radius 3 is 2.94 bits per heavy atom. The molecule has 1 aromatic heterocycles. The molecule has 82 valence electrons. The first kappa shape index (κ1) is 10.4. The molecular formula is C11H9FN2O2. The van der Waals surface area contributed by atoms with E-state index >= 15 is 0 Å². The van der Waals surface area contributed by atoms with Gasteiger partial charge in [-0.3, -0.25) is 0 Å². The summed E-state index contributed by atoms with van der Waals surface area (Å²) in [5.41, 5.74) is 0.0236. The zero-order valence-electron chi connectivity index (χ0n) is 8.30. The molecule has 4 nitrogen and oxygen atoms in total. The third-order valence-corrected chi connectivity index (χ3v) is 2.22. The van der Waals surface area contributed by atoms with Gasteiger partial charge in [0.2, 0.25) is 0 Å². The van der Waals surface area contributed by atoms with Gasteiger partial charge in [-0.1, -0.05) is 12.1 Å². The van der Waals surface area contributed by atoms with E-state index in [1.165, 1.54) is 12.1 Å². The smallest absolute Gasteiger partial charge is 0.338 e. The van der Waals surface area contributed by atoms with Crippen LogP contribution in [-0.4, -0.2) is 20.6 Å². The molecule has 0 aliphatic rings. The molecule has 2 aromatic rings. The zero-order valence-corrected chi connectivity index (χ0v) is 8.30. The largest absolute Gasteiger partial charge is 0.478 e. The summed E-state index contributed by atoms with van der Waals surface area (Å²) in [5, 5.41) is 8.76. The third-order valence-electron chi connectivity index (χ3n) is 2.22. The van der Waals surface area contributed by atoms with Crippen LogP contribution in [0.3, 0.4) is 0 Å². The predicted octanol–water partition coefficient (Wildman–Crippen LogP) is 1.77. The molecule has 0 unspecified atom stereocenters. The number of nitrogens with zero attached hydrogens (tertiary/aromatic N) is 2. The van der Waals surface area contributed by atoms with Crippen molar-refractivity contribution in [1.29, 1.82) is 0 Å². The van der Waals surface area contributed by atoms with Crippen molar-refractivity contribution in [1.82, 2.24) is 9.55 Å². The van der Waals surface area contributed by atoms with Gasteiger partial charge >= 0.3 is 5.97 Å². The second kappa shape index (κ2) is 4.14. The molecule has 0 spiro atoms. The van der Waals surface area contributed by atoms with E-state index in [1.807, 2.05) is 0 Å². The molecule has 0 amide bonds. The number of carboxylic acids is 1. The summed E-state index contributed by atoms with van der Waals surface area (Å²) in [4.78, 5) is 14.5. The monoisotopic (exact) mass is 220 g/mol. The van der Waals surface area contributed by atoms with Crippen molar-refractivity contribution in [2.24, 2.45) is 0 Å². The van der Waals surface area contributed by atoms with E-state index in [1.54, 1.807) is 29.4 Å². The highest BCUT2D eigenvalue weighted by molar-refractivity contribution is 5.88. The van der Waals surface area contributed by atoms with Crippen LogP contribution in [0.15, 0.2) is 36.9 Å². The van der Waals surface area contributed by atoms with Gasteiger partial charge in [-0.2, -0.15) is 0 Å². The second-order valence-corrected chi connectivity index (χ2v) is 3.32. The first-order chi connectivity index (χ1) is 7.68. The fraction of sp³-hybridized carbons (Fsp3) is 0.0909. The maximum absolute atomic E-state index is 13.7. The topological polar surface area (TPSA) is 55.1 Å². The molecule has 0 saturated heterocycles. The maximum atomic E-state index is 13.7. The average molecular weight is 220 g/mol. The quantitative estimate of drug-likeness (QED) is 0.857. The number of aromatic carboxylic acids is 1. The molecule has 1 aromatic carbocycles. The standard InChI is InChI=1S/C11H9FN2O2/c12-10-8(6-14-5-4-13-7-14)2-1-3-9(10)11(15)16/h1-5,7H,6H2,(H,15,16). The van der Waals surface area contributed by atoms with E-state index in [2.05, 4.69) is 4.98 Å². The molecule has 2 rings (SSSR count). The molecule has 0 atom stereocenters. The molecule has 0 aliphatic heterocycles. The molecule has 0 fully saturated rings. The lowest BCUT2D eigenvalue weighted by Gasteiger charge is -2.06. The summed E-state index contributed by atoms with van der Waals surface area (Å²) in [5.74, 6) is -1.95. The number of hydrogen-bond acceptors (Lipinski definition) is 2. The minimum atomic E-state index is -1.26. The Labute approximate surface area is 91.0 Å². The van der Waals surface area contributed by atoms with E-state index in [-0.39, 0.29) is 12.1 Å². The van der Waals surface area contributed by atoms with E-state index in [9.17, 15) is 9.18 Å². The molecule has 1 heterocycles. The van der Waals surface area contributed by atoms with Gasteiger partial charge in [0.05, 0.1) is 18.4 Å². The number of carboxylic acid groups (broad SMARTS) is 1. The van der Waals surface area contributed by atoms with Gasteiger partial charge in [0, 0.05) is 18.0 Å². The van der Waals surface area contributed by atoms with Crippen LogP contribution in [0.25, 0.3) is 0 Å². The fourth-order valence-electron chi connectivity index (χ4n) is 1.44. The number of imidazole rings is 1. The highest BCUT2D eigenvalue weighted by Gasteiger charge is 2.13. The Kier molecular flexibility index (Phi) is 2.68. The van der Waals surface area contributed by atoms with Crippen LogP contribution in [0.1, 0.15) is 15.9 Å². The molecule has 5 heteroatoms. The van der Waals surface area contributed by atoms with Crippen LogP contribution < -0.4 is 0 Å². The molecule has 16 heavy (non-hydrogen) atoms. The SMILES string of the molecule is O=C(O)c1cccc(Cn2ccnc2)c1F. The minimum absolute atomic E-state index is 0.271. The first-order valence-electron chi connectivity index (χ1n) is 4.65. The average Bonchev–Trinajstić information content (AvgIpc) is 2.73. The Morgan fingerprint density at radius 1 is 1.50 bits per heavy atom. The van der Waals surface area contributed by atoms with E-state index in [4.69, 9.17) is 5.11 Å². The molecule has 1 N–H and O–H groups in total. The lowest BCUT2D eigenvalue weighted by atomic mass is 10.1. The second-order valence-electron chi connectivity index (χ2n) is 3.32. The Morgan fingerprint density at radius 2 is 2.31 bits per heavy atom. The van der Waals surface area contributed by atoms with Crippen molar-refractivity contribution in [2.75, 3.05) is 0 Å². The van der Waals surface area contributed by atoms with Crippen LogP contribution in [0, 0.1) is 5.82 Å². The molecule has 0 bridgehead atoms. The van der Waals surface area contributed by atoms with Gasteiger partial charge in [-0.05, 0) is 6.07 Å². The van der Waals surface area contributed by atoms with Gasteiger partial charge < -0.3 is 9.67 Å². The normalized spacial score (nSPS) is 10.3. The first-order valence-corrected chi connectivity index (χ1v) is 4.65. The number of hydrogen-bond donors (Lipinski definition) is 1. The Balaban J connectivity index is 2.35. The summed E-state index contributed by atoms with van der Waals surface area (Å²) in [6.45, 7) is 0.271. The van der Waals surface area contributed by atoms with Gasteiger partial charge in [0.1, 0.15) is 5.82 Å². The molecular weight excluding hydrogens is 211 g/mol. The Hall–Kier alpha value is -2.17. The number of carbonyl (C=O) groups is 1. The summed E-state index contributed by atoms with van der Waals surface area (Å²) in [7, 11) is 0. The van der Waals surface area contributed by atoms with Crippen LogP contribution in [0.4, 0.5) is 4.39 Å². The number of rotatable bonds is 3. The van der Waals surface area contributed by atoms with Gasteiger partial charge in [0.15, 0.2) is 0 Å². The summed E-state index contributed by atoms with van der Waals surface area (Å²) < 4.78 is 15.4. The lowest BCUT2D eigenvalue weighted by Crippen LogP contribution is -2.06. The van der Waals surface area contributed by atoms with Gasteiger partial charge in [-0.15, -0.1) is 0 Å². The summed E-state index contributed by atoms with van der Waals surface area (Å²) in [6.07, 6.45) is 4.82. The van der Waals surface area contributed by atoms with Crippen LogP contribution in [0.5, 0.6) is 0 Å². The van der Waals surface area contributed by atoms with Crippen molar-refractivity contribution >= 4 is 5.97 Å². The van der Waals surface area contributed by atoms with E-state index in [0.717, 1.165) is 0 Å². The van der Waals surface area contributed by atoms with Crippen molar-refractivity contribution in [3.63, 3.8) is 0 Å². The highest BCUT2D eigenvalue weighted by atomic mass is 19.1. The summed E-state index contributed by atoms with van der Waals surface area (Å²) >= 11 is 0. The van der Waals surface area contributed by atoms with Crippen molar-refractivity contribution in [2.45, 2.75) is 6.54 Å². The lowest BCUT2D eigenvalue weighted by molar-refractivity contribution is 0.0691. The van der Waals surface area contributed by atoms with Crippen LogP contribution in [0.2, 0.25) is 0 Å². The van der Waals surface area contributed by atoms with E-state index in [0.29, 0.717) is 5.56 Å². The molecule has 0 aliphatic carbocycles. The van der Waals surface area contributed by atoms with E-state index < -0.39 is 11.8 Å². The number of aromatic nitrogens is 2. The number of halogens is 1. The van der Waals surface area contributed by atoms with Gasteiger partial charge in [0.25, 0.3) is 0 Å². The molecule has 0 radical (unpaired) electrons. The predicted molar refractivity (Wildman–Crippen MR) is 54.7 cm³/mol. The Bertz CT molecular complexity index is 509. The molecule has 0 saturated carbocycles. The van der Waals surface area contributed by atoms with Crippen LogP contribution >= 0.6 is 0 Å². The van der Waals surface area contributed by atoms with Crippen molar-refractivity contribution in [3.05, 3.63) is 53.9 Å². The van der Waals surface area contributed by atoms with Crippen LogP contribution in [-0.2, 0) is 6.54 Å². The van der Waals surface area contributed by atoms with Crippen molar-refractivity contribution in [3.8, 4) is 0 Å². The van der Waals surface area contributed by atoms with Gasteiger partial charge in [-0.25, -0.2) is 14.2 Å². The highest BCUT2D eigenvalue weighted by Crippen LogP contribution is 2.14. The van der Waals surface area contributed by atoms with Crippen molar-refractivity contribution < 1.29 is 14.3 Å². The number of benzene rings is 1. The maximum Gasteiger partial charge on any atom is 0.338 e. The minimum Gasteiger partial charge on any atom is -0.478 e.